The van der Waals surface area contributed by atoms with Gasteiger partial charge in [-0.2, -0.15) is 13.2 Å². The Bertz CT molecular complexity index is 1220. The molecule has 1 amide bonds. The van der Waals surface area contributed by atoms with Crippen LogP contribution >= 0.6 is 7.82 Å². The van der Waals surface area contributed by atoms with E-state index in [-0.39, 0.29) is 10.1 Å². The molecule has 10 nitrogen and oxygen atoms in total. The van der Waals surface area contributed by atoms with Crippen molar-refractivity contribution >= 4 is 13.7 Å². The highest BCUT2D eigenvalue weighted by Crippen LogP contribution is 2.29. The third-order valence-corrected chi connectivity index (χ3v) is 3.89. The Kier molecular flexibility index (Phi) is 6.49. The number of nitrogens with zero attached hydrogens (tertiary/aromatic N) is 4. The van der Waals surface area contributed by atoms with Crippen molar-refractivity contribution in [3.63, 3.8) is 0 Å². The average molecular weight is 509 g/mol. The molecule has 1 atom stereocenters. The van der Waals surface area contributed by atoms with Crippen molar-refractivity contribution in [2.45, 2.75) is 38.1 Å². The fourth-order valence-corrected chi connectivity index (χ4v) is 2.57. The molecule has 1 aromatic heterocycles. The second kappa shape index (κ2) is 10.2. The third-order valence-electron chi connectivity index (χ3n) is 3.89. The molecular formula is C16H18F6N5O5P. The summed E-state index contributed by atoms with van der Waals surface area (Å²) in [6, 6.07) is -0.383. The summed E-state index contributed by atoms with van der Waals surface area (Å²) in [5.41, 5.74) is 5.40. The molecule has 184 valence electrons. The lowest BCUT2D eigenvalue weighted by Gasteiger charge is -2.29. The summed E-state index contributed by atoms with van der Waals surface area (Å²) in [5.74, 6) is -7.42. The SMILES string of the molecule is O=P(O)(O)O.[2H]C1([2H])N(C(=O)C[C@H](N)Cc2cc(F)c(F)cc2F)Cc2nnc(C(F)(F)F)n2C1([2H])[2H]. The van der Waals surface area contributed by atoms with Crippen LogP contribution in [0.25, 0.3) is 0 Å². The minimum atomic E-state index is -5.13. The maximum atomic E-state index is 13.8. The summed E-state index contributed by atoms with van der Waals surface area (Å²) in [6.07, 6.45) is -6.28. The molecule has 1 aromatic carbocycles. The van der Waals surface area contributed by atoms with Gasteiger partial charge >= 0.3 is 14.0 Å². The minimum absolute atomic E-state index is 0.0482. The standard InChI is InChI=1S/C16H15F6N5O.H3O4P/c17-10-6-12(19)11(18)4-8(10)3-9(23)5-14(28)26-1-2-27-13(7-26)24-25-15(27)16(20,21)22;1-5(2,3)4/h4,6,9H,1-3,5,7,23H2;(H3,1,2,3,4)/t9-;/m1./s1/i1D2,2D2;. The highest BCUT2D eigenvalue weighted by Gasteiger charge is 2.40. The Balaban J connectivity index is 0.000000877. The quantitative estimate of drug-likeness (QED) is 0.271. The van der Waals surface area contributed by atoms with Crippen LogP contribution in [-0.2, 0) is 35.0 Å². The van der Waals surface area contributed by atoms with Crippen molar-refractivity contribution in [2.24, 2.45) is 5.73 Å². The predicted octanol–water partition coefficient (Wildman–Crippen LogP) is 1.09. The van der Waals surface area contributed by atoms with E-state index in [1.54, 1.807) is 0 Å². The molecule has 0 aliphatic carbocycles. The van der Waals surface area contributed by atoms with Crippen molar-refractivity contribution in [3.8, 4) is 0 Å². The van der Waals surface area contributed by atoms with Crippen molar-refractivity contribution in [1.29, 1.82) is 0 Å². The molecule has 0 saturated carbocycles. The normalized spacial score (nSPS) is 19.8. The first kappa shape index (κ1) is 21.0. The van der Waals surface area contributed by atoms with Crippen LogP contribution < -0.4 is 5.73 Å². The second-order valence-corrected chi connectivity index (χ2v) is 7.54. The fraction of sp³-hybridized carbons (Fsp3) is 0.438. The number of carbonyl (C=O) groups excluding carboxylic acids is 1. The number of phosphoric acid groups is 1. The van der Waals surface area contributed by atoms with Crippen molar-refractivity contribution in [3.05, 3.63) is 46.8 Å². The van der Waals surface area contributed by atoms with Crippen LogP contribution in [0, 0.1) is 17.5 Å². The highest BCUT2D eigenvalue weighted by molar-refractivity contribution is 7.45. The summed E-state index contributed by atoms with van der Waals surface area (Å²) in [4.78, 5) is 34.5. The molecule has 0 spiro atoms. The van der Waals surface area contributed by atoms with Gasteiger partial charge in [-0.1, -0.05) is 0 Å². The van der Waals surface area contributed by atoms with Gasteiger partial charge in [0.1, 0.15) is 5.82 Å². The molecule has 2 aromatic rings. The molecular weight excluding hydrogens is 487 g/mol. The number of aromatic nitrogens is 3. The first-order valence-electron chi connectivity index (χ1n) is 10.6. The molecule has 0 saturated heterocycles. The van der Waals surface area contributed by atoms with Crippen LogP contribution in [0.3, 0.4) is 0 Å². The van der Waals surface area contributed by atoms with Gasteiger partial charge in [0.2, 0.25) is 11.7 Å². The van der Waals surface area contributed by atoms with Crippen LogP contribution in [0.5, 0.6) is 0 Å². The van der Waals surface area contributed by atoms with Gasteiger partial charge in [0.05, 0.1) is 12.0 Å². The Morgan fingerprint density at radius 1 is 1.15 bits per heavy atom. The number of alkyl halides is 3. The highest BCUT2D eigenvalue weighted by atomic mass is 31.2. The number of rotatable bonds is 4. The predicted molar refractivity (Wildman–Crippen MR) is 97.3 cm³/mol. The van der Waals surface area contributed by atoms with Crippen molar-refractivity contribution in [1.82, 2.24) is 19.7 Å². The number of halogens is 6. The van der Waals surface area contributed by atoms with E-state index in [1.165, 1.54) is 0 Å². The fourth-order valence-electron chi connectivity index (χ4n) is 2.57. The number of carbonyl (C=O) groups is 1. The first-order valence-corrected chi connectivity index (χ1v) is 10.1. The Morgan fingerprint density at radius 3 is 2.30 bits per heavy atom. The second-order valence-electron chi connectivity index (χ2n) is 6.52. The molecule has 17 heteroatoms. The average Bonchev–Trinajstić information content (AvgIpc) is 3.13. The number of fused-ring (bicyclic) bond motifs is 1. The largest absolute Gasteiger partial charge is 0.466 e. The number of amides is 1. The summed E-state index contributed by atoms with van der Waals surface area (Å²) in [5, 5.41) is 6.10. The third kappa shape index (κ3) is 7.78. The van der Waals surface area contributed by atoms with E-state index in [4.69, 9.17) is 30.5 Å². The molecule has 3 rings (SSSR count). The molecule has 0 radical (unpaired) electrons. The molecule has 0 fully saturated rings. The Labute approximate surface area is 187 Å². The van der Waals surface area contributed by atoms with Crippen molar-refractivity contribution < 1.29 is 55.9 Å². The van der Waals surface area contributed by atoms with Crippen LogP contribution in [-0.4, -0.2) is 52.8 Å². The van der Waals surface area contributed by atoms with E-state index in [2.05, 4.69) is 10.2 Å². The van der Waals surface area contributed by atoms with Gasteiger partial charge in [-0.3, -0.25) is 4.79 Å². The lowest BCUT2D eigenvalue weighted by molar-refractivity contribution is -0.148. The summed E-state index contributed by atoms with van der Waals surface area (Å²) < 4.78 is 120. The van der Waals surface area contributed by atoms with Crippen molar-refractivity contribution in [2.75, 3.05) is 6.50 Å². The van der Waals surface area contributed by atoms with Gasteiger partial charge in [0, 0.05) is 31.5 Å². The van der Waals surface area contributed by atoms with Gasteiger partial charge < -0.3 is 29.9 Å². The minimum Gasteiger partial charge on any atom is -0.333 e. The van der Waals surface area contributed by atoms with Gasteiger partial charge in [0.25, 0.3) is 0 Å². The zero-order valence-electron chi connectivity index (χ0n) is 20.1. The molecule has 0 bridgehead atoms. The van der Waals surface area contributed by atoms with Gasteiger partial charge in [0.15, 0.2) is 17.5 Å². The summed E-state index contributed by atoms with van der Waals surface area (Å²) in [7, 11) is -4.64. The lowest BCUT2D eigenvalue weighted by Crippen LogP contribution is -2.42. The lowest BCUT2D eigenvalue weighted by atomic mass is 10.0. The van der Waals surface area contributed by atoms with E-state index in [0.717, 1.165) is 0 Å². The smallest absolute Gasteiger partial charge is 0.333 e. The first-order chi connectivity index (χ1) is 16.6. The van der Waals surface area contributed by atoms with E-state index < -0.39 is 87.4 Å². The zero-order chi connectivity index (χ0) is 28.7. The monoisotopic (exact) mass is 509 g/mol. The maximum Gasteiger partial charge on any atom is 0.466 e. The number of benzene rings is 1. The molecule has 0 unspecified atom stereocenters. The van der Waals surface area contributed by atoms with Crippen LogP contribution in [0.1, 0.15) is 29.1 Å². The maximum absolute atomic E-state index is 13.8. The van der Waals surface area contributed by atoms with Gasteiger partial charge in [-0.05, 0) is 18.1 Å². The molecule has 1 aliphatic rings. The Morgan fingerprint density at radius 2 is 1.73 bits per heavy atom. The van der Waals surface area contributed by atoms with E-state index in [1.807, 2.05) is 0 Å². The van der Waals surface area contributed by atoms with Gasteiger partial charge in [-0.15, -0.1) is 10.2 Å². The molecule has 33 heavy (non-hydrogen) atoms. The number of hydrogen-bond acceptors (Lipinski definition) is 5. The summed E-state index contributed by atoms with van der Waals surface area (Å²) >= 11 is 0. The van der Waals surface area contributed by atoms with E-state index in [9.17, 15) is 31.1 Å². The molecule has 5 N–H and O–H groups in total. The van der Waals surface area contributed by atoms with Gasteiger partial charge in [-0.25, -0.2) is 17.7 Å². The zero-order valence-corrected chi connectivity index (χ0v) is 17.0. The summed E-state index contributed by atoms with van der Waals surface area (Å²) in [6.45, 7) is -7.52. The van der Waals surface area contributed by atoms with E-state index in [0.29, 0.717) is 17.0 Å². The van der Waals surface area contributed by atoms with Crippen LogP contribution in [0.2, 0.25) is 0 Å². The number of nitrogens with two attached hydrogens (primary N) is 1. The van der Waals surface area contributed by atoms with E-state index >= 15 is 0 Å². The van der Waals surface area contributed by atoms with Crippen LogP contribution in [0.4, 0.5) is 26.3 Å². The number of hydrogen-bond donors (Lipinski definition) is 4. The molecule has 1 aliphatic heterocycles. The van der Waals surface area contributed by atoms with Crippen LogP contribution in [0.15, 0.2) is 12.1 Å². The topological polar surface area (TPSA) is 155 Å². The molecule has 2 heterocycles. The Hall–Kier alpha value is -2.52.